The highest BCUT2D eigenvalue weighted by molar-refractivity contribution is 7.89. The lowest BCUT2D eigenvalue weighted by Crippen LogP contribution is -2.27. The normalized spacial score (nSPS) is 12.0. The molecule has 1 heterocycles. The summed E-state index contributed by atoms with van der Waals surface area (Å²) >= 11 is 7.09. The van der Waals surface area contributed by atoms with Gasteiger partial charge in [-0.3, -0.25) is 0 Å². The number of hydrogen-bond donors (Lipinski definition) is 1. The summed E-state index contributed by atoms with van der Waals surface area (Å²) in [5.41, 5.74) is 6.02. The molecule has 1 aromatic carbocycles. The highest BCUT2D eigenvalue weighted by Gasteiger charge is 2.26. The maximum absolute atomic E-state index is 14.1. The van der Waals surface area contributed by atoms with Crippen molar-refractivity contribution in [3.8, 4) is 0 Å². The molecule has 0 amide bonds. The molecule has 1 aromatic heterocycles. The number of halogens is 2. The first-order chi connectivity index (χ1) is 9.71. The number of thiophene rings is 1. The topological polar surface area (TPSA) is 63.4 Å². The number of rotatable bonds is 4. The van der Waals surface area contributed by atoms with Gasteiger partial charge in [0.25, 0.3) is 0 Å². The van der Waals surface area contributed by atoms with E-state index in [1.165, 1.54) is 31.4 Å². The molecule has 0 aliphatic rings. The maximum atomic E-state index is 14.1. The Morgan fingerprint density at radius 1 is 1.38 bits per heavy atom. The van der Waals surface area contributed by atoms with Gasteiger partial charge in [0, 0.05) is 24.2 Å². The van der Waals surface area contributed by atoms with Crippen molar-refractivity contribution in [3.05, 3.63) is 44.9 Å². The molecule has 0 saturated carbocycles. The molecule has 8 heteroatoms. The highest BCUT2D eigenvalue weighted by Crippen LogP contribution is 2.27. The zero-order valence-electron chi connectivity index (χ0n) is 11.4. The van der Waals surface area contributed by atoms with Crippen molar-refractivity contribution in [2.45, 2.75) is 18.4 Å². The van der Waals surface area contributed by atoms with Crippen LogP contribution in [0.3, 0.4) is 0 Å². The zero-order valence-corrected chi connectivity index (χ0v) is 13.8. The van der Waals surface area contributed by atoms with E-state index in [1.54, 1.807) is 12.1 Å². The van der Waals surface area contributed by atoms with Crippen LogP contribution in [0.4, 0.5) is 10.1 Å². The Balaban J connectivity index is 2.37. The minimum absolute atomic E-state index is 0.118. The van der Waals surface area contributed by atoms with Crippen molar-refractivity contribution in [1.82, 2.24) is 4.31 Å². The first-order valence-electron chi connectivity index (χ1n) is 5.98. The van der Waals surface area contributed by atoms with Gasteiger partial charge in [0.1, 0.15) is 10.7 Å². The van der Waals surface area contributed by atoms with Crippen LogP contribution >= 0.6 is 22.9 Å². The second-order valence-electron chi connectivity index (χ2n) is 4.62. The van der Waals surface area contributed by atoms with Gasteiger partial charge in [0.15, 0.2) is 0 Å². The number of benzene rings is 1. The molecule has 0 atom stereocenters. The Bertz CT molecular complexity index is 774. The van der Waals surface area contributed by atoms with Gasteiger partial charge >= 0.3 is 0 Å². The van der Waals surface area contributed by atoms with Crippen LogP contribution in [0, 0.1) is 12.7 Å². The van der Waals surface area contributed by atoms with E-state index in [0.29, 0.717) is 4.34 Å². The number of nitrogens with two attached hydrogens (primary N) is 1. The number of sulfonamides is 1. The predicted octanol–water partition coefficient (Wildman–Crippen LogP) is 3.25. The monoisotopic (exact) mass is 348 g/mol. The van der Waals surface area contributed by atoms with E-state index < -0.39 is 20.7 Å². The predicted molar refractivity (Wildman–Crippen MR) is 83.5 cm³/mol. The van der Waals surface area contributed by atoms with Gasteiger partial charge in [-0.25, -0.2) is 12.8 Å². The molecule has 2 rings (SSSR count). The van der Waals surface area contributed by atoms with Crippen molar-refractivity contribution in [2.75, 3.05) is 12.8 Å². The van der Waals surface area contributed by atoms with E-state index in [9.17, 15) is 12.8 Å². The van der Waals surface area contributed by atoms with Gasteiger partial charge in [-0.2, -0.15) is 4.31 Å². The third-order valence-corrected chi connectivity index (χ3v) is 5.96. The molecular weight excluding hydrogens is 335 g/mol. The fourth-order valence-electron chi connectivity index (χ4n) is 1.86. The molecule has 0 fully saturated rings. The molecule has 2 N–H and O–H groups in total. The third kappa shape index (κ3) is 3.37. The second kappa shape index (κ2) is 5.92. The first kappa shape index (κ1) is 16.2. The van der Waals surface area contributed by atoms with Crippen LogP contribution in [0.5, 0.6) is 0 Å². The lowest BCUT2D eigenvalue weighted by Gasteiger charge is -2.17. The van der Waals surface area contributed by atoms with Crippen LogP contribution in [0.2, 0.25) is 4.34 Å². The fourth-order valence-corrected chi connectivity index (χ4v) is 4.40. The maximum Gasteiger partial charge on any atom is 0.246 e. The molecule has 2 aromatic rings. The molecule has 4 nitrogen and oxygen atoms in total. The van der Waals surface area contributed by atoms with Crippen molar-refractivity contribution < 1.29 is 12.8 Å². The smallest absolute Gasteiger partial charge is 0.246 e. The average molecular weight is 349 g/mol. The van der Waals surface area contributed by atoms with Gasteiger partial charge in [-0.15, -0.1) is 11.3 Å². The van der Waals surface area contributed by atoms with Crippen molar-refractivity contribution in [3.63, 3.8) is 0 Å². The van der Waals surface area contributed by atoms with E-state index in [0.717, 1.165) is 15.2 Å². The zero-order chi connectivity index (χ0) is 15.8. The summed E-state index contributed by atoms with van der Waals surface area (Å²) in [5.74, 6) is -0.778. The number of aryl methyl sites for hydroxylation is 1. The molecule has 0 aliphatic heterocycles. The van der Waals surface area contributed by atoms with Gasteiger partial charge in [0.05, 0.1) is 4.34 Å². The van der Waals surface area contributed by atoms with Gasteiger partial charge in [0.2, 0.25) is 10.0 Å². The largest absolute Gasteiger partial charge is 0.399 e. The summed E-state index contributed by atoms with van der Waals surface area (Å²) in [4.78, 5) is 0.359. The number of hydrogen-bond acceptors (Lipinski definition) is 4. The Morgan fingerprint density at radius 2 is 2.05 bits per heavy atom. The lowest BCUT2D eigenvalue weighted by molar-refractivity contribution is 0.462. The molecule has 21 heavy (non-hydrogen) atoms. The fraction of sp³-hybridized carbons (Fsp3) is 0.231. The van der Waals surface area contributed by atoms with Crippen LogP contribution in [0.1, 0.15) is 10.4 Å². The number of nitrogens with zero attached hydrogens (tertiary/aromatic N) is 1. The van der Waals surface area contributed by atoms with Crippen LogP contribution < -0.4 is 5.73 Å². The molecule has 0 radical (unpaired) electrons. The number of nitrogen functional groups attached to an aromatic ring is 1. The summed E-state index contributed by atoms with van der Waals surface area (Å²) in [6, 6.07) is 5.95. The summed E-state index contributed by atoms with van der Waals surface area (Å²) in [5, 5.41) is 0. The molecule has 0 saturated heterocycles. The molecule has 0 unspecified atom stereocenters. The Labute approximate surface area is 132 Å². The summed E-state index contributed by atoms with van der Waals surface area (Å²) in [6.07, 6.45) is 0. The minimum atomic E-state index is -3.96. The summed E-state index contributed by atoms with van der Waals surface area (Å²) in [7, 11) is -2.57. The summed E-state index contributed by atoms with van der Waals surface area (Å²) < 4.78 is 40.7. The molecule has 114 valence electrons. The lowest BCUT2D eigenvalue weighted by atomic mass is 10.2. The van der Waals surface area contributed by atoms with E-state index >= 15 is 0 Å². The molecule has 0 spiro atoms. The van der Waals surface area contributed by atoms with Crippen LogP contribution in [0.25, 0.3) is 0 Å². The minimum Gasteiger partial charge on any atom is -0.399 e. The van der Waals surface area contributed by atoms with Gasteiger partial charge in [-0.05, 0) is 36.8 Å². The summed E-state index contributed by atoms with van der Waals surface area (Å²) in [6.45, 7) is 1.59. The Kier molecular flexibility index (Phi) is 4.57. The average Bonchev–Trinajstić information content (AvgIpc) is 2.79. The van der Waals surface area contributed by atoms with Gasteiger partial charge in [-0.1, -0.05) is 11.6 Å². The SMILES string of the molecule is Cc1cc(N)cc(S(=O)(=O)N(C)Cc2ccc(Cl)s2)c1F. The van der Waals surface area contributed by atoms with Crippen molar-refractivity contribution in [2.24, 2.45) is 0 Å². The molecule has 0 aliphatic carbocycles. The molecule has 0 bridgehead atoms. The van der Waals surface area contributed by atoms with E-state index in [-0.39, 0.29) is 17.8 Å². The van der Waals surface area contributed by atoms with Gasteiger partial charge < -0.3 is 5.73 Å². The van der Waals surface area contributed by atoms with E-state index in [2.05, 4.69) is 0 Å². The second-order valence-corrected chi connectivity index (χ2v) is 8.43. The van der Waals surface area contributed by atoms with E-state index in [4.69, 9.17) is 17.3 Å². The Hall–Kier alpha value is -1.15. The molecular formula is C13H14ClFN2O2S2. The highest BCUT2D eigenvalue weighted by atomic mass is 35.5. The standard InChI is InChI=1S/C13H14ClFN2O2S2/c1-8-5-9(16)6-11(13(8)15)21(18,19)17(2)7-10-3-4-12(14)20-10/h3-6H,7,16H2,1-2H3. The number of anilines is 1. The van der Waals surface area contributed by atoms with Crippen LogP contribution in [0.15, 0.2) is 29.2 Å². The van der Waals surface area contributed by atoms with E-state index in [1.807, 2.05) is 0 Å². The third-order valence-electron chi connectivity index (χ3n) is 2.94. The van der Waals surface area contributed by atoms with Crippen LogP contribution in [-0.2, 0) is 16.6 Å². The van der Waals surface area contributed by atoms with Crippen molar-refractivity contribution >= 4 is 38.6 Å². The quantitative estimate of drug-likeness (QED) is 0.862. The Morgan fingerprint density at radius 3 is 2.62 bits per heavy atom. The first-order valence-corrected chi connectivity index (χ1v) is 8.61. The van der Waals surface area contributed by atoms with Crippen LogP contribution in [-0.4, -0.2) is 19.8 Å². The van der Waals surface area contributed by atoms with Crippen molar-refractivity contribution in [1.29, 1.82) is 0 Å².